The molecule has 0 radical (unpaired) electrons. The van der Waals surface area contributed by atoms with E-state index in [1.54, 1.807) is 24.3 Å². The lowest BCUT2D eigenvalue weighted by Gasteiger charge is -2.07. The number of benzene rings is 1. The van der Waals surface area contributed by atoms with Crippen molar-refractivity contribution in [2.45, 2.75) is 0 Å². The van der Waals surface area contributed by atoms with Gasteiger partial charge in [0.2, 0.25) is 5.78 Å². The Hall–Kier alpha value is -1.36. The summed E-state index contributed by atoms with van der Waals surface area (Å²) in [5.41, 5.74) is 0.978. The lowest BCUT2D eigenvalue weighted by atomic mass is 10.2. The van der Waals surface area contributed by atoms with Gasteiger partial charge in [0.15, 0.2) is 6.61 Å². The van der Waals surface area contributed by atoms with Gasteiger partial charge >= 0.3 is 0 Å². The van der Waals surface area contributed by atoms with E-state index in [-0.39, 0.29) is 12.4 Å². The quantitative estimate of drug-likeness (QED) is 0.659. The largest absolute Gasteiger partial charge is 0.497 e. The maximum Gasteiger partial charge on any atom is 0.202 e. The Kier molecular flexibility index (Phi) is 5.39. The molecular formula is C14H9Br2NO3S. The zero-order valence-electron chi connectivity index (χ0n) is 10.9. The van der Waals surface area contributed by atoms with Crippen LogP contribution in [0.15, 0.2) is 31.8 Å². The summed E-state index contributed by atoms with van der Waals surface area (Å²) >= 11 is 8.09. The fraction of sp³-hybridized carbons (Fsp3) is 0.143. The Morgan fingerprint density at radius 2 is 2.00 bits per heavy atom. The predicted molar refractivity (Wildman–Crippen MR) is 87.3 cm³/mol. The van der Waals surface area contributed by atoms with E-state index >= 15 is 0 Å². The van der Waals surface area contributed by atoms with Crippen LogP contribution in [0.4, 0.5) is 0 Å². The van der Waals surface area contributed by atoms with E-state index < -0.39 is 0 Å². The first kappa shape index (κ1) is 16.0. The fourth-order valence-corrected chi connectivity index (χ4v) is 4.45. The van der Waals surface area contributed by atoms with E-state index in [2.05, 4.69) is 31.9 Å². The smallest absolute Gasteiger partial charge is 0.202 e. The second-order valence-corrected chi connectivity index (χ2v) is 7.71. The van der Waals surface area contributed by atoms with Crippen molar-refractivity contribution >= 4 is 49.0 Å². The van der Waals surface area contributed by atoms with Crippen LogP contribution in [0.2, 0.25) is 0 Å². The molecule has 0 aliphatic carbocycles. The van der Waals surface area contributed by atoms with Crippen LogP contribution in [0.3, 0.4) is 0 Å². The van der Waals surface area contributed by atoms with Crippen LogP contribution in [0.5, 0.6) is 11.5 Å². The van der Waals surface area contributed by atoms with Crippen molar-refractivity contribution in [2.75, 3.05) is 13.7 Å². The van der Waals surface area contributed by atoms with Gasteiger partial charge in [-0.25, -0.2) is 0 Å². The van der Waals surface area contributed by atoms with E-state index in [1.165, 1.54) is 18.4 Å². The van der Waals surface area contributed by atoms with Crippen LogP contribution in [0.25, 0.3) is 0 Å². The zero-order valence-corrected chi connectivity index (χ0v) is 14.8. The number of hydrogen-bond acceptors (Lipinski definition) is 5. The molecule has 0 aliphatic rings. The molecule has 0 saturated heterocycles. The number of methoxy groups -OCH3 is 1. The fourth-order valence-electron chi connectivity index (χ4n) is 1.59. The molecule has 7 heteroatoms. The van der Waals surface area contributed by atoms with Gasteiger partial charge in [0.1, 0.15) is 11.5 Å². The average Bonchev–Trinajstić information content (AvgIpc) is 2.83. The predicted octanol–water partition coefficient (Wildman–Crippen LogP) is 4.42. The van der Waals surface area contributed by atoms with E-state index in [0.717, 1.165) is 7.57 Å². The lowest BCUT2D eigenvalue weighted by Crippen LogP contribution is -2.11. The molecule has 0 bridgehead atoms. The summed E-state index contributed by atoms with van der Waals surface area (Å²) < 4.78 is 12.2. The first-order valence-electron chi connectivity index (χ1n) is 5.73. The summed E-state index contributed by atoms with van der Waals surface area (Å²) in [6.07, 6.45) is 0. The number of nitriles is 1. The Balaban J connectivity index is 2.11. The Morgan fingerprint density at radius 3 is 2.57 bits per heavy atom. The average molecular weight is 431 g/mol. The number of Topliss-reactive ketones (excluding diaryl/α,β-unsaturated/α-hetero) is 1. The molecule has 2 rings (SSSR count). The molecule has 108 valence electrons. The molecule has 0 atom stereocenters. The molecular weight excluding hydrogens is 422 g/mol. The molecule has 0 N–H and O–H groups in total. The van der Waals surface area contributed by atoms with Crippen molar-refractivity contribution in [3.05, 3.63) is 43.0 Å². The van der Waals surface area contributed by atoms with Gasteiger partial charge in [0.25, 0.3) is 0 Å². The number of hydrogen-bond donors (Lipinski definition) is 0. The SMILES string of the molecule is COc1cc(C#N)cc(OCC(=O)c2cc(Br)sc2Br)c1. The Labute approximate surface area is 142 Å². The van der Waals surface area contributed by atoms with Crippen LogP contribution in [0.1, 0.15) is 15.9 Å². The highest BCUT2D eigenvalue weighted by Crippen LogP contribution is 2.32. The van der Waals surface area contributed by atoms with E-state index in [4.69, 9.17) is 14.7 Å². The van der Waals surface area contributed by atoms with Crippen molar-refractivity contribution in [2.24, 2.45) is 0 Å². The van der Waals surface area contributed by atoms with Gasteiger partial charge in [-0.3, -0.25) is 4.79 Å². The minimum absolute atomic E-state index is 0.111. The molecule has 0 spiro atoms. The topological polar surface area (TPSA) is 59.3 Å². The second-order valence-electron chi connectivity index (χ2n) is 3.96. The number of halogens is 2. The second kappa shape index (κ2) is 7.07. The van der Waals surface area contributed by atoms with Crippen LogP contribution >= 0.6 is 43.2 Å². The van der Waals surface area contributed by atoms with Gasteiger partial charge in [0, 0.05) is 11.6 Å². The van der Waals surface area contributed by atoms with Gasteiger partial charge in [-0.05, 0) is 50.1 Å². The normalized spacial score (nSPS) is 10.0. The number of nitrogens with zero attached hydrogens (tertiary/aromatic N) is 1. The molecule has 1 aromatic heterocycles. The first-order valence-corrected chi connectivity index (χ1v) is 8.13. The van der Waals surface area contributed by atoms with Gasteiger partial charge < -0.3 is 9.47 Å². The number of carbonyl (C=O) groups is 1. The molecule has 21 heavy (non-hydrogen) atoms. The van der Waals surface area contributed by atoms with Crippen molar-refractivity contribution in [3.8, 4) is 17.6 Å². The number of ketones is 1. The number of rotatable bonds is 5. The molecule has 1 heterocycles. The monoisotopic (exact) mass is 429 g/mol. The number of ether oxygens (including phenoxy) is 2. The van der Waals surface area contributed by atoms with E-state index in [1.807, 2.05) is 6.07 Å². The third-order valence-corrected chi connectivity index (χ3v) is 4.91. The van der Waals surface area contributed by atoms with E-state index in [9.17, 15) is 4.79 Å². The van der Waals surface area contributed by atoms with Crippen LogP contribution in [-0.2, 0) is 0 Å². The third kappa shape index (κ3) is 4.06. The lowest BCUT2D eigenvalue weighted by molar-refractivity contribution is 0.0921. The highest BCUT2D eigenvalue weighted by Gasteiger charge is 2.14. The summed E-state index contributed by atoms with van der Waals surface area (Å²) in [5, 5.41) is 8.94. The summed E-state index contributed by atoms with van der Waals surface area (Å²) in [7, 11) is 1.51. The molecule has 0 fully saturated rings. The van der Waals surface area contributed by atoms with Crippen LogP contribution in [-0.4, -0.2) is 19.5 Å². The van der Waals surface area contributed by atoms with Crippen molar-refractivity contribution in [1.29, 1.82) is 5.26 Å². The number of carbonyl (C=O) groups excluding carboxylic acids is 1. The summed E-state index contributed by atoms with van der Waals surface area (Å²) in [4.78, 5) is 12.1. The van der Waals surface area contributed by atoms with Crippen molar-refractivity contribution in [3.63, 3.8) is 0 Å². The van der Waals surface area contributed by atoms with E-state index in [0.29, 0.717) is 22.6 Å². The first-order chi connectivity index (χ1) is 10.0. The highest BCUT2D eigenvalue weighted by molar-refractivity contribution is 9.12. The molecule has 1 aromatic carbocycles. The summed E-state index contributed by atoms with van der Waals surface area (Å²) in [6.45, 7) is -0.111. The Bertz CT molecular complexity index is 721. The van der Waals surface area contributed by atoms with Gasteiger partial charge in [-0.15, -0.1) is 11.3 Å². The summed E-state index contributed by atoms with van der Waals surface area (Å²) in [6, 6.07) is 8.55. The third-order valence-electron chi connectivity index (χ3n) is 2.57. The molecule has 0 unspecified atom stereocenters. The molecule has 2 aromatic rings. The minimum atomic E-state index is -0.148. The molecule has 4 nitrogen and oxygen atoms in total. The highest BCUT2D eigenvalue weighted by atomic mass is 79.9. The molecule has 0 aliphatic heterocycles. The van der Waals surface area contributed by atoms with Crippen LogP contribution < -0.4 is 9.47 Å². The zero-order chi connectivity index (χ0) is 15.4. The van der Waals surface area contributed by atoms with Gasteiger partial charge in [0.05, 0.1) is 26.3 Å². The summed E-state index contributed by atoms with van der Waals surface area (Å²) in [5.74, 6) is 0.783. The Morgan fingerprint density at radius 1 is 1.29 bits per heavy atom. The standard InChI is InChI=1S/C14H9Br2NO3S/c1-19-9-2-8(6-17)3-10(4-9)20-7-12(18)11-5-13(15)21-14(11)16/h2-5H,7H2,1H3. The maximum atomic E-state index is 12.1. The maximum absolute atomic E-state index is 12.1. The van der Waals surface area contributed by atoms with Gasteiger partial charge in [-0.1, -0.05) is 0 Å². The van der Waals surface area contributed by atoms with Gasteiger partial charge in [-0.2, -0.15) is 5.26 Å². The minimum Gasteiger partial charge on any atom is -0.497 e. The van der Waals surface area contributed by atoms with Crippen molar-refractivity contribution < 1.29 is 14.3 Å². The molecule has 0 saturated carbocycles. The number of thiophene rings is 1. The van der Waals surface area contributed by atoms with Crippen LogP contribution in [0, 0.1) is 11.3 Å². The van der Waals surface area contributed by atoms with Crippen molar-refractivity contribution in [1.82, 2.24) is 0 Å². The molecule has 0 amide bonds.